The van der Waals surface area contributed by atoms with E-state index < -0.39 is 0 Å². The minimum atomic E-state index is 0.0531. The smallest absolute Gasteiger partial charge is 0.237 e. The highest BCUT2D eigenvalue weighted by Crippen LogP contribution is 2.19. The second-order valence-electron chi connectivity index (χ2n) is 6.87. The normalized spacial score (nSPS) is 30.2. The quantitative estimate of drug-likeness (QED) is 0.823. The van der Waals surface area contributed by atoms with E-state index in [0.29, 0.717) is 17.9 Å². The SMILES string of the molecule is CC(C)C(C(=O)NC1CCNCC1C)N1CCCCC1. The Labute approximate surface area is 123 Å². The summed E-state index contributed by atoms with van der Waals surface area (Å²) < 4.78 is 0. The molecule has 2 aliphatic heterocycles. The van der Waals surface area contributed by atoms with Crippen molar-refractivity contribution in [3.05, 3.63) is 0 Å². The number of carbonyl (C=O) groups excluding carboxylic acids is 1. The topological polar surface area (TPSA) is 44.4 Å². The van der Waals surface area contributed by atoms with Crippen LogP contribution in [-0.4, -0.2) is 49.1 Å². The van der Waals surface area contributed by atoms with Gasteiger partial charge in [0.25, 0.3) is 0 Å². The molecule has 0 aromatic heterocycles. The van der Waals surface area contributed by atoms with Crippen molar-refractivity contribution in [2.45, 2.75) is 58.5 Å². The Morgan fingerprint density at radius 2 is 1.95 bits per heavy atom. The third-order valence-electron chi connectivity index (χ3n) is 4.80. The molecule has 1 amide bonds. The van der Waals surface area contributed by atoms with E-state index >= 15 is 0 Å². The van der Waals surface area contributed by atoms with Gasteiger partial charge in [-0.15, -0.1) is 0 Å². The van der Waals surface area contributed by atoms with Crippen LogP contribution in [0.3, 0.4) is 0 Å². The van der Waals surface area contributed by atoms with Crippen molar-refractivity contribution in [3.63, 3.8) is 0 Å². The lowest BCUT2D eigenvalue weighted by Crippen LogP contribution is -2.56. The van der Waals surface area contributed by atoms with Crippen molar-refractivity contribution in [2.75, 3.05) is 26.2 Å². The second-order valence-corrected chi connectivity index (χ2v) is 6.87. The molecule has 20 heavy (non-hydrogen) atoms. The first-order chi connectivity index (χ1) is 9.59. The number of carbonyl (C=O) groups is 1. The zero-order valence-electron chi connectivity index (χ0n) is 13.3. The van der Waals surface area contributed by atoms with Crippen molar-refractivity contribution < 1.29 is 4.79 Å². The first kappa shape index (κ1) is 15.8. The molecule has 0 aromatic rings. The molecule has 2 heterocycles. The first-order valence-corrected chi connectivity index (χ1v) is 8.34. The summed E-state index contributed by atoms with van der Waals surface area (Å²) in [7, 11) is 0. The van der Waals surface area contributed by atoms with Gasteiger partial charge in [0.1, 0.15) is 0 Å². The van der Waals surface area contributed by atoms with Crippen molar-refractivity contribution in [2.24, 2.45) is 11.8 Å². The highest BCUT2D eigenvalue weighted by atomic mass is 16.2. The van der Waals surface area contributed by atoms with Gasteiger partial charge < -0.3 is 10.6 Å². The number of nitrogens with zero attached hydrogens (tertiary/aromatic N) is 1. The van der Waals surface area contributed by atoms with Crippen LogP contribution in [0.4, 0.5) is 0 Å². The minimum absolute atomic E-state index is 0.0531. The zero-order valence-corrected chi connectivity index (χ0v) is 13.3. The molecule has 0 saturated carbocycles. The van der Waals surface area contributed by atoms with E-state index in [2.05, 4.69) is 36.3 Å². The lowest BCUT2D eigenvalue weighted by Gasteiger charge is -2.38. The van der Waals surface area contributed by atoms with Gasteiger partial charge in [-0.3, -0.25) is 9.69 Å². The summed E-state index contributed by atoms with van der Waals surface area (Å²) in [4.78, 5) is 15.1. The molecule has 0 spiro atoms. The molecule has 2 rings (SSSR count). The molecule has 4 heteroatoms. The van der Waals surface area contributed by atoms with Crippen LogP contribution in [0.5, 0.6) is 0 Å². The Morgan fingerprint density at radius 3 is 2.55 bits per heavy atom. The van der Waals surface area contributed by atoms with Crippen LogP contribution >= 0.6 is 0 Å². The van der Waals surface area contributed by atoms with Gasteiger partial charge in [-0.1, -0.05) is 27.2 Å². The van der Waals surface area contributed by atoms with E-state index in [1.54, 1.807) is 0 Å². The van der Waals surface area contributed by atoms with Gasteiger partial charge in [0, 0.05) is 6.04 Å². The van der Waals surface area contributed by atoms with E-state index in [-0.39, 0.29) is 11.9 Å². The van der Waals surface area contributed by atoms with Crippen molar-refractivity contribution in [1.29, 1.82) is 0 Å². The van der Waals surface area contributed by atoms with Crippen LogP contribution in [0.1, 0.15) is 46.5 Å². The Balaban J connectivity index is 1.95. The van der Waals surface area contributed by atoms with Crippen LogP contribution in [0.25, 0.3) is 0 Å². The third kappa shape index (κ3) is 3.95. The lowest BCUT2D eigenvalue weighted by atomic mass is 9.93. The Kier molecular flexibility index (Phi) is 5.85. The van der Waals surface area contributed by atoms with Gasteiger partial charge in [0.15, 0.2) is 0 Å². The third-order valence-corrected chi connectivity index (χ3v) is 4.80. The fourth-order valence-corrected chi connectivity index (χ4v) is 3.58. The molecule has 0 aliphatic carbocycles. The fraction of sp³-hybridized carbons (Fsp3) is 0.938. The maximum Gasteiger partial charge on any atom is 0.237 e. The molecular formula is C16H31N3O. The highest BCUT2D eigenvalue weighted by Gasteiger charge is 2.32. The summed E-state index contributed by atoms with van der Waals surface area (Å²) in [5, 5.41) is 6.72. The zero-order chi connectivity index (χ0) is 14.5. The average molecular weight is 281 g/mol. The van der Waals surface area contributed by atoms with E-state index in [1.165, 1.54) is 19.3 Å². The molecule has 2 N–H and O–H groups in total. The first-order valence-electron chi connectivity index (χ1n) is 8.34. The standard InChI is InChI=1S/C16H31N3O/c1-12(2)15(19-9-5-4-6-10-19)16(20)18-14-7-8-17-11-13(14)3/h12-15,17H,4-11H2,1-3H3,(H,18,20). The molecular weight excluding hydrogens is 250 g/mol. The molecule has 2 saturated heterocycles. The van der Waals surface area contributed by atoms with E-state index in [4.69, 9.17) is 0 Å². The minimum Gasteiger partial charge on any atom is -0.352 e. The summed E-state index contributed by atoms with van der Waals surface area (Å²) in [5.41, 5.74) is 0. The summed E-state index contributed by atoms with van der Waals surface area (Å²) in [6, 6.07) is 0.396. The lowest BCUT2D eigenvalue weighted by molar-refractivity contribution is -0.129. The van der Waals surface area contributed by atoms with Gasteiger partial charge in [-0.05, 0) is 57.3 Å². The molecule has 2 aliphatic rings. The second kappa shape index (κ2) is 7.41. The maximum absolute atomic E-state index is 12.7. The monoisotopic (exact) mass is 281 g/mol. The molecule has 0 radical (unpaired) electrons. The Hall–Kier alpha value is -0.610. The largest absolute Gasteiger partial charge is 0.352 e. The molecule has 116 valence electrons. The van der Waals surface area contributed by atoms with E-state index in [1.807, 2.05) is 0 Å². The summed E-state index contributed by atoms with van der Waals surface area (Å²) >= 11 is 0. The number of piperidine rings is 2. The highest BCUT2D eigenvalue weighted by molar-refractivity contribution is 5.82. The Bertz CT molecular complexity index is 313. The van der Waals surface area contributed by atoms with Gasteiger partial charge in [0.2, 0.25) is 5.91 Å². The molecule has 3 atom stereocenters. The van der Waals surface area contributed by atoms with Gasteiger partial charge in [-0.2, -0.15) is 0 Å². The number of hydrogen-bond donors (Lipinski definition) is 2. The van der Waals surface area contributed by atoms with Gasteiger partial charge in [-0.25, -0.2) is 0 Å². The summed E-state index contributed by atoms with van der Waals surface area (Å²) in [6.07, 6.45) is 4.84. The summed E-state index contributed by atoms with van der Waals surface area (Å²) in [6.45, 7) is 10.8. The van der Waals surface area contributed by atoms with Crippen molar-refractivity contribution >= 4 is 5.91 Å². The van der Waals surface area contributed by atoms with E-state index in [0.717, 1.165) is 32.6 Å². The van der Waals surface area contributed by atoms with Gasteiger partial charge in [0.05, 0.1) is 6.04 Å². The van der Waals surface area contributed by atoms with Crippen molar-refractivity contribution in [1.82, 2.24) is 15.5 Å². The summed E-state index contributed by atoms with van der Waals surface area (Å²) in [5.74, 6) is 1.16. The van der Waals surface area contributed by atoms with Gasteiger partial charge >= 0.3 is 0 Å². The molecule has 0 aromatic carbocycles. The number of likely N-dealkylation sites (tertiary alicyclic amines) is 1. The van der Waals surface area contributed by atoms with Crippen LogP contribution in [0, 0.1) is 11.8 Å². The predicted molar refractivity (Wildman–Crippen MR) is 82.6 cm³/mol. The molecule has 2 fully saturated rings. The van der Waals surface area contributed by atoms with Crippen LogP contribution < -0.4 is 10.6 Å². The van der Waals surface area contributed by atoms with E-state index in [9.17, 15) is 4.79 Å². The number of hydrogen-bond acceptors (Lipinski definition) is 3. The van der Waals surface area contributed by atoms with Crippen LogP contribution in [0.2, 0.25) is 0 Å². The fourth-order valence-electron chi connectivity index (χ4n) is 3.58. The number of nitrogens with one attached hydrogen (secondary N) is 2. The van der Waals surface area contributed by atoms with Crippen LogP contribution in [0.15, 0.2) is 0 Å². The molecule has 4 nitrogen and oxygen atoms in total. The number of amides is 1. The van der Waals surface area contributed by atoms with Crippen molar-refractivity contribution in [3.8, 4) is 0 Å². The predicted octanol–water partition coefficient (Wildman–Crippen LogP) is 1.61. The average Bonchev–Trinajstić information content (AvgIpc) is 2.42. The molecule has 3 unspecified atom stereocenters. The Morgan fingerprint density at radius 1 is 1.25 bits per heavy atom. The van der Waals surface area contributed by atoms with Crippen LogP contribution in [-0.2, 0) is 4.79 Å². The molecule has 0 bridgehead atoms. The number of rotatable bonds is 4. The maximum atomic E-state index is 12.7.